The number of fused-ring (bicyclic) bond motifs is 1. The third-order valence-electron chi connectivity index (χ3n) is 2.64. The topological polar surface area (TPSA) is 20.3 Å². The number of carbonyl (C=O) groups excluding carboxylic acids is 1. The number of carbonyl (C=O) groups is 1. The molecular weight excluding hydrogens is 173 g/mol. The Morgan fingerprint density at radius 1 is 1.43 bits per heavy atom. The van der Waals surface area contributed by atoms with E-state index in [0.717, 1.165) is 12.1 Å². The molecule has 14 heavy (non-hydrogen) atoms. The summed E-state index contributed by atoms with van der Waals surface area (Å²) in [5.41, 5.74) is 2.39. The van der Waals surface area contributed by atoms with Gasteiger partial charge in [-0.15, -0.1) is 0 Å². The fraction of sp³-hybridized carbons (Fsp3) is 0.455. The van der Waals surface area contributed by atoms with Gasteiger partial charge in [-0.1, -0.05) is 0 Å². The number of nitrogens with zero attached hydrogens (tertiary/aromatic N) is 1. The van der Waals surface area contributed by atoms with Gasteiger partial charge in [0.1, 0.15) is 0 Å². The standard InChI is InChI=1S/C11H14BNO/c1-8(2)13-10-7-12-6-5-9(10)3-4-11(13)14/h5-8H,3-4H2,1-2H3. The van der Waals surface area contributed by atoms with Crippen LogP contribution in [-0.2, 0) is 11.2 Å². The zero-order chi connectivity index (χ0) is 10.1. The summed E-state index contributed by atoms with van der Waals surface area (Å²) in [6.45, 7) is 6.10. The summed E-state index contributed by atoms with van der Waals surface area (Å²) in [6, 6.07) is 2.36. The molecule has 0 unspecified atom stereocenters. The molecular formula is C11H14BNO. The second kappa shape index (κ2) is 3.56. The molecule has 0 atom stereocenters. The summed E-state index contributed by atoms with van der Waals surface area (Å²) >= 11 is 0. The molecule has 2 nitrogen and oxygen atoms in total. The first-order valence-corrected chi connectivity index (χ1v) is 5.10. The van der Waals surface area contributed by atoms with Crippen molar-refractivity contribution in [2.75, 3.05) is 4.90 Å². The quantitative estimate of drug-likeness (QED) is 0.655. The van der Waals surface area contributed by atoms with Crippen molar-refractivity contribution in [2.24, 2.45) is 0 Å². The number of hydrogen-bond acceptors (Lipinski definition) is 1. The van der Waals surface area contributed by atoms with E-state index in [1.165, 1.54) is 5.56 Å². The van der Waals surface area contributed by atoms with E-state index in [-0.39, 0.29) is 11.9 Å². The van der Waals surface area contributed by atoms with Crippen LogP contribution in [-0.4, -0.2) is 18.9 Å². The van der Waals surface area contributed by atoms with Gasteiger partial charge in [0.25, 0.3) is 0 Å². The average molecular weight is 187 g/mol. The second-order valence-corrected chi connectivity index (χ2v) is 3.99. The normalized spacial score (nSPS) is 15.6. The molecule has 72 valence electrons. The maximum atomic E-state index is 11.7. The van der Waals surface area contributed by atoms with Crippen molar-refractivity contribution in [1.29, 1.82) is 0 Å². The Morgan fingerprint density at radius 2 is 2.21 bits per heavy atom. The Hall–Kier alpha value is -1.12. The van der Waals surface area contributed by atoms with E-state index in [2.05, 4.69) is 19.9 Å². The van der Waals surface area contributed by atoms with Crippen LogP contribution < -0.4 is 4.90 Å². The van der Waals surface area contributed by atoms with Gasteiger partial charge in [-0.2, -0.15) is 0 Å². The van der Waals surface area contributed by atoms with Gasteiger partial charge in [-0.3, -0.25) is 0 Å². The van der Waals surface area contributed by atoms with E-state index in [0.29, 0.717) is 6.42 Å². The Morgan fingerprint density at radius 3 is 2.93 bits per heavy atom. The molecule has 1 aromatic rings. The van der Waals surface area contributed by atoms with Crippen LogP contribution >= 0.6 is 0 Å². The molecule has 0 saturated carbocycles. The van der Waals surface area contributed by atoms with Gasteiger partial charge in [0.2, 0.25) is 0 Å². The molecule has 0 fully saturated rings. The monoisotopic (exact) mass is 187 g/mol. The summed E-state index contributed by atoms with van der Waals surface area (Å²) in [5.74, 6) is 4.32. The Balaban J connectivity index is 2.46. The Kier molecular flexibility index (Phi) is 2.40. The van der Waals surface area contributed by atoms with Gasteiger partial charge in [-0.05, 0) is 0 Å². The van der Waals surface area contributed by atoms with Crippen molar-refractivity contribution < 1.29 is 4.79 Å². The summed E-state index contributed by atoms with van der Waals surface area (Å²) < 4.78 is 0. The SMILES string of the molecule is CC(C)N1C(=O)CCc2ccbcc21. The molecule has 1 amide bonds. The molecule has 0 spiro atoms. The van der Waals surface area contributed by atoms with Gasteiger partial charge < -0.3 is 0 Å². The summed E-state index contributed by atoms with van der Waals surface area (Å²) in [4.78, 5) is 13.6. The Labute approximate surface area is 85.1 Å². The molecule has 2 rings (SSSR count). The number of amides is 1. The molecule has 0 bridgehead atoms. The molecule has 1 aliphatic heterocycles. The first-order chi connectivity index (χ1) is 6.70. The van der Waals surface area contributed by atoms with E-state index in [4.69, 9.17) is 0 Å². The first kappa shape index (κ1) is 9.44. The number of anilines is 1. The van der Waals surface area contributed by atoms with Crippen LogP contribution in [0.25, 0.3) is 0 Å². The molecule has 0 aliphatic carbocycles. The molecule has 2 heterocycles. The minimum atomic E-state index is 0.249. The van der Waals surface area contributed by atoms with Gasteiger partial charge in [0, 0.05) is 0 Å². The van der Waals surface area contributed by atoms with Crippen molar-refractivity contribution >= 4 is 18.5 Å². The zero-order valence-electron chi connectivity index (χ0n) is 8.66. The predicted molar refractivity (Wildman–Crippen MR) is 58.7 cm³/mol. The fourth-order valence-corrected chi connectivity index (χ4v) is 2.02. The summed E-state index contributed by atoms with van der Waals surface area (Å²) in [5, 5.41) is 0. The molecule has 0 radical (unpaired) electrons. The minimum absolute atomic E-state index is 0.249. The van der Waals surface area contributed by atoms with Gasteiger partial charge >= 0.3 is 84.5 Å². The predicted octanol–water partition coefficient (Wildman–Crippen LogP) is 1.71. The van der Waals surface area contributed by atoms with Crippen LogP contribution in [0.5, 0.6) is 0 Å². The molecule has 0 saturated heterocycles. The van der Waals surface area contributed by atoms with Crippen molar-refractivity contribution in [3.8, 4) is 0 Å². The van der Waals surface area contributed by atoms with E-state index in [9.17, 15) is 4.79 Å². The summed E-state index contributed by atoms with van der Waals surface area (Å²) in [7, 11) is 0. The third-order valence-corrected chi connectivity index (χ3v) is 2.64. The van der Waals surface area contributed by atoms with Gasteiger partial charge in [0.05, 0.1) is 0 Å². The van der Waals surface area contributed by atoms with Crippen molar-refractivity contribution in [3.05, 3.63) is 23.6 Å². The van der Waals surface area contributed by atoms with Crippen molar-refractivity contribution in [2.45, 2.75) is 32.7 Å². The van der Waals surface area contributed by atoms with E-state index < -0.39 is 0 Å². The van der Waals surface area contributed by atoms with E-state index in [1.807, 2.05) is 23.7 Å². The van der Waals surface area contributed by atoms with Crippen LogP contribution in [0.15, 0.2) is 18.0 Å². The Bertz CT molecular complexity index is 362. The van der Waals surface area contributed by atoms with Crippen LogP contribution in [0.1, 0.15) is 25.8 Å². The van der Waals surface area contributed by atoms with Gasteiger partial charge in [0.15, 0.2) is 0 Å². The fourth-order valence-electron chi connectivity index (χ4n) is 2.02. The zero-order valence-corrected chi connectivity index (χ0v) is 8.66. The van der Waals surface area contributed by atoms with Crippen LogP contribution in [0.3, 0.4) is 0 Å². The third kappa shape index (κ3) is 1.47. The molecule has 1 aliphatic rings. The summed E-state index contributed by atoms with van der Waals surface area (Å²) in [6.07, 6.45) is 1.54. The first-order valence-electron chi connectivity index (χ1n) is 5.10. The number of rotatable bonds is 1. The number of hydrogen-bond donors (Lipinski definition) is 0. The molecule has 0 N–H and O–H groups in total. The van der Waals surface area contributed by atoms with E-state index in [1.54, 1.807) is 0 Å². The van der Waals surface area contributed by atoms with Crippen LogP contribution in [0.2, 0.25) is 0 Å². The van der Waals surface area contributed by atoms with Crippen LogP contribution in [0.4, 0.5) is 5.69 Å². The molecule has 1 aromatic heterocycles. The molecule has 3 heteroatoms. The molecule has 0 aromatic carbocycles. The maximum absolute atomic E-state index is 11.7. The average Bonchev–Trinajstić information content (AvgIpc) is 2.17. The van der Waals surface area contributed by atoms with Crippen molar-refractivity contribution in [3.63, 3.8) is 0 Å². The van der Waals surface area contributed by atoms with Gasteiger partial charge in [-0.25, -0.2) is 0 Å². The number of aryl methyl sites for hydroxylation is 1. The van der Waals surface area contributed by atoms with Crippen LogP contribution in [0, 0.1) is 0 Å². The van der Waals surface area contributed by atoms with E-state index >= 15 is 0 Å². The van der Waals surface area contributed by atoms with Crippen molar-refractivity contribution in [1.82, 2.24) is 0 Å². The second-order valence-electron chi connectivity index (χ2n) is 3.99.